The zero-order valence-electron chi connectivity index (χ0n) is 7.42. The molecule has 3 nitrogen and oxygen atoms in total. The van der Waals surface area contributed by atoms with Crippen LogP contribution in [-0.4, -0.2) is 12.5 Å². The van der Waals surface area contributed by atoms with Crippen molar-refractivity contribution in [2.75, 3.05) is 11.9 Å². The Balaban J connectivity index is 2.37. The minimum absolute atomic E-state index is 0.00657. The second-order valence-corrected chi connectivity index (χ2v) is 2.72. The molecule has 3 N–H and O–H groups in total. The molecule has 0 unspecified atom stereocenters. The summed E-state index contributed by atoms with van der Waals surface area (Å²) in [7, 11) is 0. The molecule has 1 rings (SSSR count). The van der Waals surface area contributed by atoms with E-state index in [2.05, 4.69) is 11.4 Å². The molecule has 1 radical (unpaired) electrons. The first-order valence-electron chi connectivity index (χ1n) is 4.29. The van der Waals surface area contributed by atoms with Crippen LogP contribution in [0.4, 0.5) is 5.69 Å². The molecular formula is C10H13N2O. The number of benzene rings is 1. The van der Waals surface area contributed by atoms with E-state index in [1.807, 2.05) is 12.1 Å². The SMILES string of the molecule is NCCCC(=O)Nc1[c]cccc1. The van der Waals surface area contributed by atoms with E-state index in [9.17, 15) is 4.79 Å². The lowest BCUT2D eigenvalue weighted by Crippen LogP contribution is -2.13. The van der Waals surface area contributed by atoms with Crippen LogP contribution in [0.25, 0.3) is 0 Å². The topological polar surface area (TPSA) is 55.1 Å². The number of nitrogens with one attached hydrogen (secondary N) is 1. The summed E-state index contributed by atoms with van der Waals surface area (Å²) in [6, 6.07) is 10.2. The number of hydrogen-bond donors (Lipinski definition) is 2. The second kappa shape index (κ2) is 5.32. The molecule has 1 amide bonds. The fourth-order valence-electron chi connectivity index (χ4n) is 0.946. The Morgan fingerprint density at radius 3 is 3.00 bits per heavy atom. The van der Waals surface area contributed by atoms with E-state index in [1.165, 1.54) is 0 Å². The molecule has 0 heterocycles. The van der Waals surface area contributed by atoms with Gasteiger partial charge in [-0.2, -0.15) is 0 Å². The standard InChI is InChI=1S/C10H13N2O/c11-8-4-7-10(13)12-9-5-2-1-3-6-9/h1-3,5H,4,7-8,11H2,(H,12,13). The van der Waals surface area contributed by atoms with Crippen LogP contribution in [0.15, 0.2) is 24.3 Å². The van der Waals surface area contributed by atoms with Crippen molar-refractivity contribution in [2.45, 2.75) is 12.8 Å². The average Bonchev–Trinajstić information content (AvgIpc) is 2.16. The third kappa shape index (κ3) is 3.71. The lowest BCUT2D eigenvalue weighted by molar-refractivity contribution is -0.116. The highest BCUT2D eigenvalue weighted by atomic mass is 16.1. The monoisotopic (exact) mass is 177 g/mol. The summed E-state index contributed by atoms with van der Waals surface area (Å²) in [6.07, 6.45) is 1.19. The van der Waals surface area contributed by atoms with Crippen LogP contribution in [0, 0.1) is 6.07 Å². The quantitative estimate of drug-likeness (QED) is 0.725. The normalized spacial score (nSPS) is 9.62. The summed E-state index contributed by atoms with van der Waals surface area (Å²) in [5.74, 6) is -0.00657. The van der Waals surface area contributed by atoms with Crippen LogP contribution >= 0.6 is 0 Å². The Kier molecular flexibility index (Phi) is 3.99. The van der Waals surface area contributed by atoms with E-state index in [0.717, 1.165) is 6.42 Å². The zero-order chi connectivity index (χ0) is 9.52. The molecule has 0 saturated carbocycles. The van der Waals surface area contributed by atoms with Gasteiger partial charge >= 0.3 is 0 Å². The highest BCUT2D eigenvalue weighted by Gasteiger charge is 1.99. The molecule has 0 aliphatic rings. The van der Waals surface area contributed by atoms with Crippen molar-refractivity contribution in [3.8, 4) is 0 Å². The van der Waals surface area contributed by atoms with Crippen molar-refractivity contribution in [1.82, 2.24) is 0 Å². The summed E-state index contributed by atoms with van der Waals surface area (Å²) in [6.45, 7) is 0.548. The van der Waals surface area contributed by atoms with Crippen molar-refractivity contribution >= 4 is 11.6 Å². The Morgan fingerprint density at radius 2 is 2.38 bits per heavy atom. The van der Waals surface area contributed by atoms with Crippen LogP contribution in [0.2, 0.25) is 0 Å². The summed E-state index contributed by atoms with van der Waals surface area (Å²) in [5.41, 5.74) is 5.99. The van der Waals surface area contributed by atoms with E-state index >= 15 is 0 Å². The molecule has 1 aromatic rings. The largest absolute Gasteiger partial charge is 0.330 e. The molecule has 13 heavy (non-hydrogen) atoms. The van der Waals surface area contributed by atoms with Gasteiger partial charge in [-0.3, -0.25) is 4.79 Å². The van der Waals surface area contributed by atoms with Crippen LogP contribution in [-0.2, 0) is 4.79 Å². The maximum atomic E-state index is 11.2. The smallest absolute Gasteiger partial charge is 0.224 e. The van der Waals surface area contributed by atoms with Crippen LogP contribution in [0.1, 0.15) is 12.8 Å². The predicted molar refractivity (Wildman–Crippen MR) is 52.2 cm³/mol. The van der Waals surface area contributed by atoms with Gasteiger partial charge in [-0.05, 0) is 19.0 Å². The van der Waals surface area contributed by atoms with Crippen LogP contribution in [0.5, 0.6) is 0 Å². The first kappa shape index (κ1) is 9.74. The second-order valence-electron chi connectivity index (χ2n) is 2.72. The third-order valence-corrected chi connectivity index (χ3v) is 1.59. The van der Waals surface area contributed by atoms with Gasteiger partial charge in [0.05, 0.1) is 0 Å². The summed E-state index contributed by atoms with van der Waals surface area (Å²) >= 11 is 0. The van der Waals surface area contributed by atoms with Crippen LogP contribution < -0.4 is 11.1 Å². The zero-order valence-corrected chi connectivity index (χ0v) is 7.42. The number of para-hydroxylation sites is 1. The highest BCUT2D eigenvalue weighted by Crippen LogP contribution is 2.04. The lowest BCUT2D eigenvalue weighted by Gasteiger charge is -2.02. The number of hydrogen-bond acceptors (Lipinski definition) is 2. The average molecular weight is 177 g/mol. The van der Waals surface area contributed by atoms with E-state index < -0.39 is 0 Å². The molecule has 0 atom stereocenters. The molecule has 0 aromatic heterocycles. The molecule has 0 spiro atoms. The molecule has 0 saturated heterocycles. The Hall–Kier alpha value is -1.35. The van der Waals surface area contributed by atoms with E-state index in [-0.39, 0.29) is 5.91 Å². The van der Waals surface area contributed by atoms with E-state index in [1.54, 1.807) is 12.1 Å². The van der Waals surface area contributed by atoms with Gasteiger partial charge in [0.2, 0.25) is 5.91 Å². The van der Waals surface area contributed by atoms with Crippen molar-refractivity contribution in [3.05, 3.63) is 30.3 Å². The van der Waals surface area contributed by atoms with Crippen molar-refractivity contribution in [2.24, 2.45) is 5.73 Å². The number of anilines is 1. The molecule has 69 valence electrons. The Bertz CT molecular complexity index is 259. The summed E-state index contributed by atoms with van der Waals surface area (Å²) in [4.78, 5) is 11.2. The minimum atomic E-state index is -0.00657. The Morgan fingerprint density at radius 1 is 1.54 bits per heavy atom. The summed E-state index contributed by atoms with van der Waals surface area (Å²) < 4.78 is 0. The van der Waals surface area contributed by atoms with E-state index in [0.29, 0.717) is 18.7 Å². The lowest BCUT2D eigenvalue weighted by atomic mass is 10.2. The number of carbonyl (C=O) groups is 1. The molecule has 0 fully saturated rings. The fraction of sp³-hybridized carbons (Fsp3) is 0.300. The molecule has 0 aliphatic carbocycles. The predicted octanol–water partition coefficient (Wildman–Crippen LogP) is 1.16. The van der Waals surface area contributed by atoms with Gasteiger partial charge in [-0.1, -0.05) is 18.2 Å². The molecular weight excluding hydrogens is 164 g/mol. The van der Waals surface area contributed by atoms with Gasteiger partial charge in [-0.15, -0.1) is 0 Å². The number of rotatable bonds is 4. The molecule has 1 aromatic carbocycles. The Labute approximate surface area is 77.9 Å². The minimum Gasteiger partial charge on any atom is -0.330 e. The number of amides is 1. The molecule has 0 bridgehead atoms. The first-order valence-corrected chi connectivity index (χ1v) is 4.29. The maximum Gasteiger partial charge on any atom is 0.224 e. The summed E-state index contributed by atoms with van der Waals surface area (Å²) in [5, 5.41) is 2.73. The fourth-order valence-corrected chi connectivity index (χ4v) is 0.946. The van der Waals surface area contributed by atoms with Gasteiger partial charge in [0.15, 0.2) is 0 Å². The van der Waals surface area contributed by atoms with Gasteiger partial charge in [0, 0.05) is 18.2 Å². The number of nitrogens with two attached hydrogens (primary N) is 1. The van der Waals surface area contributed by atoms with Crippen molar-refractivity contribution in [1.29, 1.82) is 0 Å². The van der Waals surface area contributed by atoms with E-state index in [4.69, 9.17) is 5.73 Å². The first-order chi connectivity index (χ1) is 6.33. The van der Waals surface area contributed by atoms with Gasteiger partial charge in [0.1, 0.15) is 0 Å². The van der Waals surface area contributed by atoms with Gasteiger partial charge < -0.3 is 11.1 Å². The van der Waals surface area contributed by atoms with Crippen molar-refractivity contribution < 1.29 is 4.79 Å². The van der Waals surface area contributed by atoms with Crippen LogP contribution in [0.3, 0.4) is 0 Å². The highest BCUT2D eigenvalue weighted by molar-refractivity contribution is 5.90. The van der Waals surface area contributed by atoms with Crippen molar-refractivity contribution in [3.63, 3.8) is 0 Å². The van der Waals surface area contributed by atoms with Gasteiger partial charge in [-0.25, -0.2) is 0 Å². The maximum absolute atomic E-state index is 11.2. The molecule has 3 heteroatoms. The van der Waals surface area contributed by atoms with Gasteiger partial charge in [0.25, 0.3) is 0 Å². The third-order valence-electron chi connectivity index (χ3n) is 1.59. The molecule has 0 aliphatic heterocycles. The number of carbonyl (C=O) groups excluding carboxylic acids is 1.